The highest BCUT2D eigenvalue weighted by atomic mass is 16.2. The van der Waals surface area contributed by atoms with E-state index in [1.54, 1.807) is 0 Å². The fourth-order valence-corrected chi connectivity index (χ4v) is 4.92. The molecule has 2 aliphatic heterocycles. The van der Waals surface area contributed by atoms with Crippen LogP contribution in [0.15, 0.2) is 24.3 Å². The van der Waals surface area contributed by atoms with E-state index in [9.17, 15) is 9.59 Å². The van der Waals surface area contributed by atoms with Gasteiger partial charge in [0.15, 0.2) is 0 Å². The predicted molar refractivity (Wildman–Crippen MR) is 109 cm³/mol. The van der Waals surface area contributed by atoms with E-state index in [0.29, 0.717) is 25.6 Å². The lowest BCUT2D eigenvalue weighted by Gasteiger charge is -2.35. The molecule has 0 radical (unpaired) electrons. The lowest BCUT2D eigenvalue weighted by atomic mass is 9.91. The average molecular weight is 384 g/mol. The first kappa shape index (κ1) is 19.4. The standard InChI is InChI=1S/C23H33N3O2/c1-16-9-17(2)13-25(12-16)14-19-5-3-18(4-6-19)11-24-23(28)20-10-22(27)26(15-20)21-7-8-21/h3-6,16-17,20-21H,7-15H2,1-2H3,(H,24,28)/t16-,17-,20-/m1/s1. The Bertz CT molecular complexity index is 703. The molecule has 1 aromatic rings. The molecular formula is C23H33N3O2. The van der Waals surface area contributed by atoms with Crippen molar-refractivity contribution in [2.24, 2.45) is 17.8 Å². The number of carbonyl (C=O) groups is 2. The molecular weight excluding hydrogens is 350 g/mol. The molecule has 1 N–H and O–H groups in total. The maximum absolute atomic E-state index is 12.4. The van der Waals surface area contributed by atoms with Gasteiger partial charge in [-0.25, -0.2) is 0 Å². The summed E-state index contributed by atoms with van der Waals surface area (Å²) in [4.78, 5) is 28.9. The van der Waals surface area contributed by atoms with Crippen molar-refractivity contribution < 1.29 is 9.59 Å². The van der Waals surface area contributed by atoms with Gasteiger partial charge in [0.2, 0.25) is 11.8 Å². The van der Waals surface area contributed by atoms with Gasteiger partial charge in [-0.2, -0.15) is 0 Å². The quantitative estimate of drug-likeness (QED) is 0.822. The summed E-state index contributed by atoms with van der Waals surface area (Å²) < 4.78 is 0. The van der Waals surface area contributed by atoms with Gasteiger partial charge >= 0.3 is 0 Å². The van der Waals surface area contributed by atoms with Crippen LogP contribution in [0.3, 0.4) is 0 Å². The molecule has 1 saturated carbocycles. The first-order chi connectivity index (χ1) is 13.5. The molecule has 0 spiro atoms. The number of piperidine rings is 1. The Hall–Kier alpha value is -1.88. The van der Waals surface area contributed by atoms with Crippen LogP contribution in [0.1, 0.15) is 50.7 Å². The normalized spacial score (nSPS) is 28.6. The molecule has 1 aliphatic carbocycles. The van der Waals surface area contributed by atoms with Gasteiger partial charge in [-0.3, -0.25) is 14.5 Å². The Kier molecular flexibility index (Phi) is 5.72. The Balaban J connectivity index is 1.24. The van der Waals surface area contributed by atoms with Gasteiger partial charge in [-0.05, 0) is 42.2 Å². The van der Waals surface area contributed by atoms with Crippen LogP contribution in [-0.4, -0.2) is 47.3 Å². The molecule has 2 saturated heterocycles. The van der Waals surface area contributed by atoms with E-state index in [0.717, 1.165) is 36.8 Å². The van der Waals surface area contributed by atoms with E-state index in [1.165, 1.54) is 25.1 Å². The zero-order valence-electron chi connectivity index (χ0n) is 17.2. The van der Waals surface area contributed by atoms with Crippen LogP contribution >= 0.6 is 0 Å². The van der Waals surface area contributed by atoms with Crippen LogP contribution in [0.5, 0.6) is 0 Å². The molecule has 0 bridgehead atoms. The second-order valence-electron chi connectivity index (χ2n) is 9.35. The summed E-state index contributed by atoms with van der Waals surface area (Å²) in [7, 11) is 0. The van der Waals surface area contributed by atoms with E-state index in [-0.39, 0.29) is 17.7 Å². The maximum atomic E-state index is 12.4. The highest BCUT2D eigenvalue weighted by molar-refractivity contribution is 5.89. The summed E-state index contributed by atoms with van der Waals surface area (Å²) >= 11 is 0. The van der Waals surface area contributed by atoms with Gasteiger partial charge in [0, 0.05) is 45.2 Å². The van der Waals surface area contributed by atoms with E-state index in [4.69, 9.17) is 0 Å². The minimum absolute atomic E-state index is 0.0110. The monoisotopic (exact) mass is 383 g/mol. The number of hydrogen-bond acceptors (Lipinski definition) is 3. The smallest absolute Gasteiger partial charge is 0.225 e. The molecule has 28 heavy (non-hydrogen) atoms. The Morgan fingerprint density at radius 2 is 1.68 bits per heavy atom. The first-order valence-corrected chi connectivity index (χ1v) is 10.8. The van der Waals surface area contributed by atoms with Crippen LogP contribution in [0.4, 0.5) is 0 Å². The van der Waals surface area contributed by atoms with Gasteiger partial charge in [-0.1, -0.05) is 38.1 Å². The number of likely N-dealkylation sites (tertiary alicyclic amines) is 2. The number of benzene rings is 1. The van der Waals surface area contributed by atoms with E-state index in [1.807, 2.05) is 4.90 Å². The lowest BCUT2D eigenvalue weighted by molar-refractivity contribution is -0.129. The molecule has 3 atom stereocenters. The Labute approximate surface area is 168 Å². The van der Waals surface area contributed by atoms with Crippen LogP contribution in [0.25, 0.3) is 0 Å². The van der Waals surface area contributed by atoms with E-state index >= 15 is 0 Å². The van der Waals surface area contributed by atoms with Gasteiger partial charge in [0.05, 0.1) is 5.92 Å². The number of hydrogen-bond donors (Lipinski definition) is 1. The summed E-state index contributed by atoms with van der Waals surface area (Å²) in [6, 6.07) is 8.99. The topological polar surface area (TPSA) is 52.7 Å². The molecule has 5 heteroatoms. The third-order valence-corrected chi connectivity index (χ3v) is 6.36. The largest absolute Gasteiger partial charge is 0.352 e. The summed E-state index contributed by atoms with van der Waals surface area (Å²) in [6.45, 7) is 9.18. The second kappa shape index (κ2) is 8.24. The summed E-state index contributed by atoms with van der Waals surface area (Å²) in [5.74, 6) is 1.52. The fourth-order valence-electron chi connectivity index (χ4n) is 4.92. The van der Waals surface area contributed by atoms with Crippen molar-refractivity contribution in [1.82, 2.24) is 15.1 Å². The van der Waals surface area contributed by atoms with Crippen molar-refractivity contribution in [2.45, 2.75) is 58.7 Å². The fraction of sp³-hybridized carbons (Fsp3) is 0.652. The molecule has 152 valence electrons. The van der Waals surface area contributed by atoms with Crippen LogP contribution in [0, 0.1) is 17.8 Å². The van der Waals surface area contributed by atoms with Crippen molar-refractivity contribution in [1.29, 1.82) is 0 Å². The molecule has 0 unspecified atom stereocenters. The number of nitrogens with zero attached hydrogens (tertiary/aromatic N) is 2. The predicted octanol–water partition coefficient (Wildman–Crippen LogP) is 2.79. The van der Waals surface area contributed by atoms with Gasteiger partial charge in [-0.15, -0.1) is 0 Å². The summed E-state index contributed by atoms with van der Waals surface area (Å²) in [5.41, 5.74) is 2.44. The third-order valence-electron chi connectivity index (χ3n) is 6.36. The SMILES string of the molecule is C[C@@H]1C[C@@H](C)CN(Cc2ccc(CNC(=O)[C@@H]3CC(=O)N(C4CC4)C3)cc2)C1. The van der Waals surface area contributed by atoms with Gasteiger partial charge < -0.3 is 10.2 Å². The number of carbonyl (C=O) groups excluding carboxylic acids is 2. The molecule has 4 rings (SSSR count). The minimum Gasteiger partial charge on any atom is -0.352 e. The minimum atomic E-state index is -0.185. The highest BCUT2D eigenvalue weighted by Gasteiger charge is 2.41. The molecule has 2 amide bonds. The van der Waals surface area contributed by atoms with Crippen LogP contribution in [-0.2, 0) is 22.7 Å². The Morgan fingerprint density at radius 3 is 2.32 bits per heavy atom. The molecule has 1 aromatic carbocycles. The first-order valence-electron chi connectivity index (χ1n) is 10.8. The molecule has 5 nitrogen and oxygen atoms in total. The van der Waals surface area contributed by atoms with Crippen molar-refractivity contribution in [2.75, 3.05) is 19.6 Å². The lowest BCUT2D eigenvalue weighted by Crippen LogP contribution is -2.38. The van der Waals surface area contributed by atoms with Gasteiger partial charge in [0.1, 0.15) is 0 Å². The zero-order chi connectivity index (χ0) is 19.7. The number of nitrogens with one attached hydrogen (secondary N) is 1. The molecule has 2 heterocycles. The molecule has 0 aromatic heterocycles. The van der Waals surface area contributed by atoms with E-state index < -0.39 is 0 Å². The van der Waals surface area contributed by atoms with Crippen LogP contribution < -0.4 is 5.32 Å². The molecule has 3 aliphatic rings. The number of amides is 2. The maximum Gasteiger partial charge on any atom is 0.225 e. The van der Waals surface area contributed by atoms with Crippen molar-refractivity contribution in [3.8, 4) is 0 Å². The highest BCUT2D eigenvalue weighted by Crippen LogP contribution is 2.32. The average Bonchev–Trinajstić information content (AvgIpc) is 3.42. The number of rotatable bonds is 6. The van der Waals surface area contributed by atoms with Crippen molar-refractivity contribution in [3.63, 3.8) is 0 Å². The summed E-state index contributed by atoms with van der Waals surface area (Å²) in [5, 5.41) is 3.03. The summed E-state index contributed by atoms with van der Waals surface area (Å²) in [6.07, 6.45) is 3.90. The Morgan fingerprint density at radius 1 is 1.04 bits per heavy atom. The van der Waals surface area contributed by atoms with E-state index in [2.05, 4.69) is 48.3 Å². The van der Waals surface area contributed by atoms with Crippen molar-refractivity contribution >= 4 is 11.8 Å². The second-order valence-corrected chi connectivity index (χ2v) is 9.35. The van der Waals surface area contributed by atoms with Crippen LogP contribution in [0.2, 0.25) is 0 Å². The molecule has 3 fully saturated rings. The zero-order valence-corrected chi connectivity index (χ0v) is 17.2. The van der Waals surface area contributed by atoms with Crippen molar-refractivity contribution in [3.05, 3.63) is 35.4 Å². The van der Waals surface area contributed by atoms with Gasteiger partial charge in [0.25, 0.3) is 0 Å². The third kappa shape index (κ3) is 4.75.